The smallest absolute Gasteiger partial charge is 0.246 e. The van der Waals surface area contributed by atoms with Crippen LogP contribution >= 0.6 is 11.6 Å². The van der Waals surface area contributed by atoms with Gasteiger partial charge in [-0.05, 0) is 24.6 Å². The minimum atomic E-state index is -3.80. The van der Waals surface area contributed by atoms with Crippen LogP contribution in [0, 0.1) is 5.82 Å². The van der Waals surface area contributed by atoms with Gasteiger partial charge in [-0.2, -0.15) is 4.31 Å². The van der Waals surface area contributed by atoms with Gasteiger partial charge in [0.15, 0.2) is 0 Å². The number of benzene rings is 1. The van der Waals surface area contributed by atoms with Gasteiger partial charge in [0, 0.05) is 24.2 Å². The van der Waals surface area contributed by atoms with Crippen molar-refractivity contribution in [3.63, 3.8) is 0 Å². The second-order valence-corrected chi connectivity index (χ2v) is 6.33. The summed E-state index contributed by atoms with van der Waals surface area (Å²) in [7, 11) is -3.80. The minimum absolute atomic E-state index is 0.166. The molecule has 1 fully saturated rings. The monoisotopic (exact) mass is 278 g/mol. The molecule has 1 aliphatic heterocycles. The Kier molecular flexibility index (Phi) is 3.40. The lowest BCUT2D eigenvalue weighted by Gasteiger charge is -2.16. The summed E-state index contributed by atoms with van der Waals surface area (Å²) in [6.07, 6.45) is 0.592. The molecule has 1 heterocycles. The summed E-state index contributed by atoms with van der Waals surface area (Å²) < 4.78 is 39.0. The molecular formula is C10H12ClFN2O2S. The zero-order valence-electron chi connectivity index (χ0n) is 8.94. The van der Waals surface area contributed by atoms with Crippen molar-refractivity contribution in [2.75, 3.05) is 13.1 Å². The van der Waals surface area contributed by atoms with Crippen molar-refractivity contribution in [1.29, 1.82) is 0 Å². The number of nitrogens with zero attached hydrogens (tertiary/aromatic N) is 1. The van der Waals surface area contributed by atoms with Gasteiger partial charge in [-0.1, -0.05) is 11.6 Å². The Hall–Kier alpha value is -0.690. The van der Waals surface area contributed by atoms with Gasteiger partial charge in [-0.3, -0.25) is 0 Å². The molecule has 0 aliphatic carbocycles. The average molecular weight is 279 g/mol. The molecule has 1 aliphatic rings. The van der Waals surface area contributed by atoms with Gasteiger partial charge in [0.1, 0.15) is 10.7 Å². The van der Waals surface area contributed by atoms with Crippen LogP contribution in [0.25, 0.3) is 0 Å². The van der Waals surface area contributed by atoms with Crippen molar-refractivity contribution in [1.82, 2.24) is 4.31 Å². The van der Waals surface area contributed by atoms with Crippen LogP contribution in [0.3, 0.4) is 0 Å². The van der Waals surface area contributed by atoms with Crippen molar-refractivity contribution in [3.05, 3.63) is 29.0 Å². The second-order valence-electron chi connectivity index (χ2n) is 3.99. The van der Waals surface area contributed by atoms with E-state index in [0.717, 1.165) is 6.07 Å². The minimum Gasteiger partial charge on any atom is -0.326 e. The molecule has 7 heteroatoms. The molecule has 2 N–H and O–H groups in total. The van der Waals surface area contributed by atoms with E-state index in [9.17, 15) is 12.8 Å². The van der Waals surface area contributed by atoms with Gasteiger partial charge in [0.25, 0.3) is 0 Å². The summed E-state index contributed by atoms with van der Waals surface area (Å²) in [5, 5.41) is 0.166. The second kappa shape index (κ2) is 4.53. The van der Waals surface area contributed by atoms with Crippen LogP contribution in [0.4, 0.5) is 4.39 Å². The van der Waals surface area contributed by atoms with Crippen LogP contribution in [0.5, 0.6) is 0 Å². The van der Waals surface area contributed by atoms with E-state index < -0.39 is 15.8 Å². The molecule has 17 heavy (non-hydrogen) atoms. The van der Waals surface area contributed by atoms with Crippen molar-refractivity contribution in [3.8, 4) is 0 Å². The molecule has 1 atom stereocenters. The zero-order chi connectivity index (χ0) is 12.6. The maximum Gasteiger partial charge on any atom is 0.246 e. The molecule has 0 aromatic heterocycles. The van der Waals surface area contributed by atoms with Gasteiger partial charge in [0.2, 0.25) is 10.0 Å². The Morgan fingerprint density at radius 1 is 1.47 bits per heavy atom. The van der Waals surface area contributed by atoms with Gasteiger partial charge in [-0.25, -0.2) is 12.8 Å². The van der Waals surface area contributed by atoms with Crippen LogP contribution in [-0.2, 0) is 10.0 Å². The summed E-state index contributed by atoms with van der Waals surface area (Å²) >= 11 is 5.58. The zero-order valence-corrected chi connectivity index (χ0v) is 10.5. The number of nitrogens with two attached hydrogens (primary N) is 1. The number of hydrogen-bond acceptors (Lipinski definition) is 3. The molecule has 0 amide bonds. The molecular weight excluding hydrogens is 267 g/mol. The van der Waals surface area contributed by atoms with Crippen molar-refractivity contribution >= 4 is 21.6 Å². The van der Waals surface area contributed by atoms with Crippen LogP contribution in [0.2, 0.25) is 5.02 Å². The number of sulfonamides is 1. The molecule has 1 aromatic rings. The Morgan fingerprint density at radius 3 is 2.71 bits per heavy atom. The third-order valence-corrected chi connectivity index (χ3v) is 4.83. The lowest BCUT2D eigenvalue weighted by molar-refractivity contribution is 0.465. The van der Waals surface area contributed by atoms with E-state index >= 15 is 0 Å². The highest BCUT2D eigenvalue weighted by Crippen LogP contribution is 2.24. The predicted octanol–water partition coefficient (Wildman–Crippen LogP) is 1.20. The SMILES string of the molecule is N[C@H]1CCN(S(=O)(=O)c2ccc(Cl)cc2F)C1. The summed E-state index contributed by atoms with van der Waals surface area (Å²) in [6, 6.07) is 3.34. The Labute approximate surface area is 104 Å². The lowest BCUT2D eigenvalue weighted by Crippen LogP contribution is -2.32. The predicted molar refractivity (Wildman–Crippen MR) is 62.8 cm³/mol. The van der Waals surface area contributed by atoms with E-state index in [-0.39, 0.29) is 22.5 Å². The summed E-state index contributed by atoms with van der Waals surface area (Å²) in [5.41, 5.74) is 5.64. The Bertz CT molecular complexity index is 535. The summed E-state index contributed by atoms with van der Waals surface area (Å²) in [4.78, 5) is -0.351. The molecule has 94 valence electrons. The van der Waals surface area contributed by atoms with E-state index in [1.807, 2.05) is 0 Å². The highest BCUT2D eigenvalue weighted by Gasteiger charge is 2.32. The topological polar surface area (TPSA) is 63.4 Å². The first-order valence-electron chi connectivity index (χ1n) is 5.12. The summed E-state index contributed by atoms with van der Waals surface area (Å²) in [6.45, 7) is 0.552. The fourth-order valence-corrected chi connectivity index (χ4v) is 3.51. The van der Waals surface area contributed by atoms with Gasteiger partial charge >= 0.3 is 0 Å². The van der Waals surface area contributed by atoms with Crippen LogP contribution in [0.1, 0.15) is 6.42 Å². The fraction of sp³-hybridized carbons (Fsp3) is 0.400. The molecule has 1 saturated heterocycles. The highest BCUT2D eigenvalue weighted by molar-refractivity contribution is 7.89. The third kappa shape index (κ3) is 2.44. The number of hydrogen-bond donors (Lipinski definition) is 1. The molecule has 0 bridgehead atoms. The lowest BCUT2D eigenvalue weighted by atomic mass is 10.3. The first-order valence-corrected chi connectivity index (χ1v) is 6.94. The van der Waals surface area contributed by atoms with E-state index in [1.54, 1.807) is 0 Å². The molecule has 0 spiro atoms. The first kappa shape index (κ1) is 12.8. The van der Waals surface area contributed by atoms with Crippen LogP contribution in [-0.4, -0.2) is 31.9 Å². The van der Waals surface area contributed by atoms with E-state index in [2.05, 4.69) is 0 Å². The van der Waals surface area contributed by atoms with E-state index in [4.69, 9.17) is 17.3 Å². The van der Waals surface area contributed by atoms with Crippen LogP contribution in [0.15, 0.2) is 23.1 Å². The molecule has 4 nitrogen and oxygen atoms in total. The van der Waals surface area contributed by atoms with E-state index in [0.29, 0.717) is 13.0 Å². The standard InChI is InChI=1S/C10H12ClFN2O2S/c11-7-1-2-10(9(12)5-7)17(15,16)14-4-3-8(13)6-14/h1-2,5,8H,3-4,6,13H2/t8-/m0/s1. The van der Waals surface area contributed by atoms with Crippen molar-refractivity contribution < 1.29 is 12.8 Å². The maximum absolute atomic E-state index is 13.6. The first-order chi connectivity index (χ1) is 7.91. The van der Waals surface area contributed by atoms with Gasteiger partial charge in [0.05, 0.1) is 0 Å². The number of halogens is 2. The average Bonchev–Trinajstić information content (AvgIpc) is 2.64. The van der Waals surface area contributed by atoms with Gasteiger partial charge < -0.3 is 5.73 Å². The Morgan fingerprint density at radius 2 is 2.18 bits per heavy atom. The van der Waals surface area contributed by atoms with Gasteiger partial charge in [-0.15, -0.1) is 0 Å². The quantitative estimate of drug-likeness (QED) is 0.884. The normalized spacial score (nSPS) is 21.9. The Balaban J connectivity index is 2.38. The largest absolute Gasteiger partial charge is 0.326 e. The number of rotatable bonds is 2. The fourth-order valence-electron chi connectivity index (χ4n) is 1.80. The molecule has 1 aromatic carbocycles. The van der Waals surface area contributed by atoms with Crippen LogP contribution < -0.4 is 5.73 Å². The molecule has 0 unspecified atom stereocenters. The van der Waals surface area contributed by atoms with Crippen molar-refractivity contribution in [2.24, 2.45) is 5.73 Å². The van der Waals surface area contributed by atoms with Crippen molar-refractivity contribution in [2.45, 2.75) is 17.4 Å². The highest BCUT2D eigenvalue weighted by atomic mass is 35.5. The molecule has 2 rings (SSSR count). The molecule has 0 saturated carbocycles. The van der Waals surface area contributed by atoms with E-state index in [1.165, 1.54) is 16.4 Å². The third-order valence-electron chi connectivity index (χ3n) is 2.70. The summed E-state index contributed by atoms with van der Waals surface area (Å²) in [5.74, 6) is -0.835. The maximum atomic E-state index is 13.6. The molecule has 0 radical (unpaired) electrons.